The molecule has 0 bridgehead atoms. The molecule has 0 aliphatic heterocycles. The Labute approximate surface area is 147 Å². The zero-order valence-electron chi connectivity index (χ0n) is 12.8. The molecule has 0 atom stereocenters. The summed E-state index contributed by atoms with van der Waals surface area (Å²) in [5.41, 5.74) is -3.04. The van der Waals surface area contributed by atoms with Gasteiger partial charge in [0.15, 0.2) is 11.6 Å². The summed E-state index contributed by atoms with van der Waals surface area (Å²) >= 11 is 2.87. The van der Waals surface area contributed by atoms with E-state index in [2.05, 4.69) is 15.9 Å². The van der Waals surface area contributed by atoms with Gasteiger partial charge in [-0.25, -0.2) is 4.39 Å². The minimum atomic E-state index is -4.52. The van der Waals surface area contributed by atoms with Gasteiger partial charge in [0.2, 0.25) is 0 Å². The highest BCUT2D eigenvalue weighted by Crippen LogP contribution is 2.61. The summed E-state index contributed by atoms with van der Waals surface area (Å²) in [6, 6.07) is 1.14. The first-order chi connectivity index (χ1) is 11.3. The van der Waals surface area contributed by atoms with Crippen LogP contribution in [0.5, 0.6) is 5.75 Å². The lowest BCUT2D eigenvalue weighted by molar-refractivity contribution is -0.141. The Morgan fingerprint density at radius 3 is 1.64 bits per heavy atom. The number of halogens is 8. The molecule has 0 heterocycles. The zero-order chi connectivity index (χ0) is 18.8. The summed E-state index contributed by atoms with van der Waals surface area (Å²) in [5, 5.41) is 10.00. The standard InChI is InChI=1S/C16H14BrF7O/c17-10-8(13(1-2-13)6-15(19,20)21)5-9(12(25)11(10)18)14(3-4-14)7-16(22,23)24/h5,25H,1-4,6-7H2. The maximum atomic E-state index is 14.4. The second-order valence-corrected chi connectivity index (χ2v) is 7.89. The molecular formula is C16H14BrF7O. The number of aromatic hydroxyl groups is 1. The van der Waals surface area contributed by atoms with Crippen LogP contribution in [0.4, 0.5) is 30.7 Å². The molecule has 1 nitrogen and oxygen atoms in total. The first kappa shape index (κ1) is 18.8. The van der Waals surface area contributed by atoms with Crippen LogP contribution in [0.2, 0.25) is 0 Å². The van der Waals surface area contributed by atoms with E-state index in [0.717, 1.165) is 6.07 Å². The highest BCUT2D eigenvalue weighted by Gasteiger charge is 2.56. The summed E-state index contributed by atoms with van der Waals surface area (Å²) < 4.78 is 91.1. The van der Waals surface area contributed by atoms with Crippen molar-refractivity contribution in [2.24, 2.45) is 0 Å². The molecule has 2 saturated carbocycles. The maximum Gasteiger partial charge on any atom is 0.389 e. The molecule has 2 fully saturated rings. The van der Waals surface area contributed by atoms with Gasteiger partial charge in [-0.3, -0.25) is 0 Å². The fourth-order valence-corrected chi connectivity index (χ4v) is 4.28. The van der Waals surface area contributed by atoms with Gasteiger partial charge in [0.1, 0.15) is 0 Å². The van der Waals surface area contributed by atoms with Crippen LogP contribution in [0, 0.1) is 5.82 Å². The number of hydrogen-bond donors (Lipinski definition) is 1. The summed E-state index contributed by atoms with van der Waals surface area (Å²) in [7, 11) is 0. The molecule has 2 aliphatic carbocycles. The second kappa shape index (κ2) is 5.50. The summed E-state index contributed by atoms with van der Waals surface area (Å²) in [6.45, 7) is 0. The van der Waals surface area contributed by atoms with Crippen LogP contribution < -0.4 is 0 Å². The van der Waals surface area contributed by atoms with Crippen LogP contribution in [0.15, 0.2) is 10.5 Å². The molecule has 0 spiro atoms. The van der Waals surface area contributed by atoms with Crippen LogP contribution >= 0.6 is 15.9 Å². The van der Waals surface area contributed by atoms with E-state index in [1.165, 1.54) is 0 Å². The average molecular weight is 435 g/mol. The number of rotatable bonds is 4. The van der Waals surface area contributed by atoms with E-state index in [0.29, 0.717) is 0 Å². The number of alkyl halides is 6. The fraction of sp³-hybridized carbons (Fsp3) is 0.625. The quantitative estimate of drug-likeness (QED) is 0.554. The Kier molecular flexibility index (Phi) is 4.14. The highest BCUT2D eigenvalue weighted by atomic mass is 79.9. The van der Waals surface area contributed by atoms with Gasteiger partial charge in [0.25, 0.3) is 0 Å². The molecule has 0 saturated heterocycles. The summed E-state index contributed by atoms with van der Waals surface area (Å²) in [4.78, 5) is 0. The van der Waals surface area contributed by atoms with Crippen molar-refractivity contribution in [2.75, 3.05) is 0 Å². The number of phenolic OH excluding ortho intramolecular Hbond substituents is 1. The molecule has 0 unspecified atom stereocenters. The Balaban J connectivity index is 2.07. The van der Waals surface area contributed by atoms with E-state index in [9.17, 15) is 35.8 Å². The fourth-order valence-electron chi connectivity index (χ4n) is 3.56. The molecule has 1 aromatic rings. The predicted octanol–water partition coefficient (Wildman–Crippen LogP) is 6.26. The van der Waals surface area contributed by atoms with Gasteiger partial charge in [0.05, 0.1) is 17.3 Å². The maximum absolute atomic E-state index is 14.4. The second-order valence-electron chi connectivity index (χ2n) is 7.09. The lowest BCUT2D eigenvalue weighted by Crippen LogP contribution is -2.23. The van der Waals surface area contributed by atoms with E-state index in [1.54, 1.807) is 0 Å². The third kappa shape index (κ3) is 3.61. The molecule has 3 rings (SSSR count). The van der Waals surface area contributed by atoms with E-state index >= 15 is 0 Å². The van der Waals surface area contributed by atoms with Gasteiger partial charge in [-0.1, -0.05) is 0 Å². The van der Waals surface area contributed by atoms with E-state index in [1.807, 2.05) is 0 Å². The highest BCUT2D eigenvalue weighted by molar-refractivity contribution is 9.10. The first-order valence-corrected chi connectivity index (χ1v) is 8.43. The van der Waals surface area contributed by atoms with E-state index in [-0.39, 0.29) is 41.3 Å². The first-order valence-electron chi connectivity index (χ1n) is 7.64. The lowest BCUT2D eigenvalue weighted by atomic mass is 9.84. The molecule has 1 N–H and O–H groups in total. The summed E-state index contributed by atoms with van der Waals surface area (Å²) in [6.07, 6.45) is -10.9. The van der Waals surface area contributed by atoms with Crippen molar-refractivity contribution in [3.63, 3.8) is 0 Å². The minimum absolute atomic E-state index is 0.0106. The minimum Gasteiger partial charge on any atom is -0.505 e. The van der Waals surface area contributed by atoms with Gasteiger partial charge in [-0.05, 0) is 53.2 Å². The molecule has 0 radical (unpaired) electrons. The largest absolute Gasteiger partial charge is 0.505 e. The normalized spacial score (nSPS) is 21.3. The Morgan fingerprint density at radius 2 is 1.28 bits per heavy atom. The van der Waals surface area contributed by atoms with E-state index < -0.39 is 47.6 Å². The van der Waals surface area contributed by atoms with E-state index in [4.69, 9.17) is 0 Å². The van der Waals surface area contributed by atoms with Crippen molar-refractivity contribution in [1.29, 1.82) is 0 Å². The van der Waals surface area contributed by atoms with Crippen LogP contribution in [0.25, 0.3) is 0 Å². The third-order valence-corrected chi connectivity index (χ3v) is 5.88. The molecule has 25 heavy (non-hydrogen) atoms. The van der Waals surface area contributed by atoms with Crippen molar-refractivity contribution >= 4 is 15.9 Å². The molecular weight excluding hydrogens is 421 g/mol. The van der Waals surface area contributed by atoms with Gasteiger partial charge in [-0.15, -0.1) is 0 Å². The SMILES string of the molecule is Oc1c(C2(CC(F)(F)F)CC2)cc(C2(CC(F)(F)F)CC2)c(Br)c1F. The summed E-state index contributed by atoms with van der Waals surface area (Å²) in [5.74, 6) is -2.12. The Bertz CT molecular complexity index is 644. The predicted molar refractivity (Wildman–Crippen MR) is 78.9 cm³/mol. The lowest BCUT2D eigenvalue weighted by Gasteiger charge is -2.25. The van der Waals surface area contributed by atoms with Crippen molar-refractivity contribution in [3.8, 4) is 5.75 Å². The van der Waals surface area contributed by atoms with Crippen LogP contribution in [-0.2, 0) is 10.8 Å². The molecule has 1 aromatic carbocycles. The number of benzene rings is 1. The molecule has 0 aromatic heterocycles. The van der Waals surface area contributed by atoms with Crippen LogP contribution in [0.3, 0.4) is 0 Å². The van der Waals surface area contributed by atoms with Gasteiger partial charge in [0, 0.05) is 16.4 Å². The van der Waals surface area contributed by atoms with Crippen molar-refractivity contribution in [3.05, 3.63) is 27.5 Å². The van der Waals surface area contributed by atoms with Gasteiger partial charge >= 0.3 is 12.4 Å². The Morgan fingerprint density at radius 1 is 0.880 bits per heavy atom. The number of hydrogen-bond acceptors (Lipinski definition) is 1. The van der Waals surface area contributed by atoms with Gasteiger partial charge in [-0.2, -0.15) is 26.3 Å². The van der Waals surface area contributed by atoms with Crippen molar-refractivity contribution in [2.45, 2.75) is 61.7 Å². The van der Waals surface area contributed by atoms with Crippen molar-refractivity contribution < 1.29 is 35.8 Å². The molecule has 0 amide bonds. The topological polar surface area (TPSA) is 20.2 Å². The average Bonchev–Trinajstić information content (AvgIpc) is 3.32. The van der Waals surface area contributed by atoms with Crippen molar-refractivity contribution in [1.82, 2.24) is 0 Å². The Hall–Kier alpha value is -0.990. The number of phenols is 1. The molecule has 2 aliphatic rings. The third-order valence-electron chi connectivity index (χ3n) is 5.11. The van der Waals surface area contributed by atoms with Crippen LogP contribution in [-0.4, -0.2) is 17.5 Å². The zero-order valence-corrected chi connectivity index (χ0v) is 14.4. The van der Waals surface area contributed by atoms with Gasteiger partial charge < -0.3 is 5.11 Å². The molecule has 9 heteroatoms. The monoisotopic (exact) mass is 434 g/mol. The smallest absolute Gasteiger partial charge is 0.389 e. The molecule has 140 valence electrons. The van der Waals surface area contributed by atoms with Crippen LogP contribution in [0.1, 0.15) is 49.7 Å².